The Hall–Kier alpha value is -2.67. The summed E-state index contributed by atoms with van der Waals surface area (Å²) in [7, 11) is 1.56. The Morgan fingerprint density at radius 3 is 2.88 bits per heavy atom. The first-order valence-corrected chi connectivity index (χ1v) is 8.00. The molecule has 1 aromatic heterocycles. The van der Waals surface area contributed by atoms with Crippen LogP contribution in [0.25, 0.3) is 0 Å². The first kappa shape index (κ1) is 18.7. The molecule has 1 amide bonds. The fraction of sp³-hybridized carbons (Fsp3) is 0.389. The van der Waals surface area contributed by atoms with Crippen molar-refractivity contribution in [3.63, 3.8) is 0 Å². The van der Waals surface area contributed by atoms with E-state index >= 15 is 0 Å². The van der Waals surface area contributed by atoms with Crippen molar-refractivity contribution in [3.05, 3.63) is 53.7 Å². The van der Waals surface area contributed by atoms with Crippen molar-refractivity contribution in [2.45, 2.75) is 27.0 Å². The van der Waals surface area contributed by atoms with Gasteiger partial charge in [-0.05, 0) is 37.6 Å². The topological polar surface area (TPSA) is 77.7 Å². The molecule has 2 rings (SSSR count). The average molecular weight is 345 g/mol. The van der Waals surface area contributed by atoms with Crippen LogP contribution in [0.5, 0.6) is 5.75 Å². The molecule has 0 atom stereocenters. The van der Waals surface area contributed by atoms with Gasteiger partial charge in [-0.3, -0.25) is 4.79 Å². The number of carbonyl (C=O) groups excluding carboxylic acids is 1. The fourth-order valence-corrected chi connectivity index (χ4v) is 2.14. The van der Waals surface area contributed by atoms with Gasteiger partial charge in [-0.1, -0.05) is 17.8 Å². The third kappa shape index (κ3) is 5.42. The van der Waals surface area contributed by atoms with Crippen LogP contribution in [0, 0.1) is 0 Å². The first-order chi connectivity index (χ1) is 12.0. The van der Waals surface area contributed by atoms with Gasteiger partial charge >= 0.3 is 0 Å². The van der Waals surface area contributed by atoms with Gasteiger partial charge in [0.15, 0.2) is 5.82 Å². The number of amides is 1. The zero-order chi connectivity index (χ0) is 18.2. The summed E-state index contributed by atoms with van der Waals surface area (Å²) in [6, 6.07) is 7.07. The van der Waals surface area contributed by atoms with Crippen molar-refractivity contribution in [1.29, 1.82) is 0 Å². The number of ether oxygens (including phenoxy) is 2. The van der Waals surface area contributed by atoms with Crippen LogP contribution in [0.1, 0.15) is 35.9 Å². The lowest BCUT2D eigenvalue weighted by atomic mass is 10.2. The fourth-order valence-electron chi connectivity index (χ4n) is 2.14. The van der Waals surface area contributed by atoms with Gasteiger partial charge in [0.1, 0.15) is 25.5 Å². The zero-order valence-corrected chi connectivity index (χ0v) is 14.8. The Morgan fingerprint density at radius 1 is 1.40 bits per heavy atom. The van der Waals surface area contributed by atoms with E-state index in [4.69, 9.17) is 14.0 Å². The lowest BCUT2D eigenvalue weighted by Crippen LogP contribution is -2.30. The van der Waals surface area contributed by atoms with E-state index in [9.17, 15) is 4.79 Å². The highest BCUT2D eigenvalue weighted by molar-refractivity contribution is 5.94. The van der Waals surface area contributed by atoms with Crippen LogP contribution in [0.3, 0.4) is 0 Å². The van der Waals surface area contributed by atoms with E-state index in [1.165, 1.54) is 0 Å². The third-order valence-corrected chi connectivity index (χ3v) is 3.34. The normalized spacial score (nSPS) is 10.5. The molecule has 0 radical (unpaired) electrons. The molecule has 0 aliphatic carbocycles. The maximum absolute atomic E-state index is 12.7. The smallest absolute Gasteiger partial charge is 0.254 e. The summed E-state index contributed by atoms with van der Waals surface area (Å²) in [6.07, 6.45) is 0. The molecule has 1 heterocycles. The van der Waals surface area contributed by atoms with Crippen molar-refractivity contribution >= 4 is 5.91 Å². The molecular formula is C18H23N3O4. The van der Waals surface area contributed by atoms with Gasteiger partial charge in [0.25, 0.3) is 5.91 Å². The highest BCUT2D eigenvalue weighted by atomic mass is 16.5. The zero-order valence-electron chi connectivity index (χ0n) is 14.8. The molecule has 7 heteroatoms. The third-order valence-electron chi connectivity index (χ3n) is 3.34. The predicted octanol–water partition coefficient (Wildman–Crippen LogP) is 2.83. The molecule has 2 aromatic rings. The minimum atomic E-state index is -0.130. The molecule has 0 unspecified atom stereocenters. The van der Waals surface area contributed by atoms with Crippen LogP contribution in [0.4, 0.5) is 0 Å². The number of benzene rings is 1. The summed E-state index contributed by atoms with van der Waals surface area (Å²) >= 11 is 0. The Labute approximate surface area is 147 Å². The van der Waals surface area contributed by atoms with E-state index in [1.807, 2.05) is 19.9 Å². The van der Waals surface area contributed by atoms with Gasteiger partial charge in [0.05, 0.1) is 0 Å². The van der Waals surface area contributed by atoms with E-state index in [0.717, 1.165) is 5.57 Å². The molecule has 0 saturated carbocycles. The lowest BCUT2D eigenvalue weighted by Gasteiger charge is -2.19. The van der Waals surface area contributed by atoms with Crippen molar-refractivity contribution in [2.24, 2.45) is 0 Å². The second-order valence-corrected chi connectivity index (χ2v) is 5.63. The number of methoxy groups -OCH3 is 1. The molecule has 0 aliphatic heterocycles. The molecular weight excluding hydrogens is 322 g/mol. The van der Waals surface area contributed by atoms with Crippen LogP contribution in [0.2, 0.25) is 0 Å². The summed E-state index contributed by atoms with van der Waals surface area (Å²) in [6.45, 7) is 9.01. The summed E-state index contributed by atoms with van der Waals surface area (Å²) in [5, 5.41) is 3.80. The quantitative estimate of drug-likeness (QED) is 0.650. The predicted molar refractivity (Wildman–Crippen MR) is 92.2 cm³/mol. The molecule has 0 aliphatic rings. The molecule has 0 N–H and O–H groups in total. The maximum Gasteiger partial charge on any atom is 0.254 e. The average Bonchev–Trinajstić information content (AvgIpc) is 3.05. The van der Waals surface area contributed by atoms with E-state index in [-0.39, 0.29) is 19.1 Å². The largest absolute Gasteiger partial charge is 0.489 e. The van der Waals surface area contributed by atoms with Crippen molar-refractivity contribution in [2.75, 3.05) is 20.3 Å². The highest BCUT2D eigenvalue weighted by Gasteiger charge is 2.18. The molecule has 134 valence electrons. The van der Waals surface area contributed by atoms with Crippen LogP contribution < -0.4 is 4.74 Å². The number of hydrogen-bond acceptors (Lipinski definition) is 6. The second kappa shape index (κ2) is 8.98. The van der Waals surface area contributed by atoms with Gasteiger partial charge in [0, 0.05) is 19.2 Å². The molecule has 0 fully saturated rings. The Kier molecular flexibility index (Phi) is 6.71. The van der Waals surface area contributed by atoms with Gasteiger partial charge < -0.3 is 18.9 Å². The molecule has 7 nitrogen and oxygen atoms in total. The molecule has 25 heavy (non-hydrogen) atoms. The lowest BCUT2D eigenvalue weighted by molar-refractivity contribution is 0.0734. The molecule has 0 saturated heterocycles. The summed E-state index contributed by atoms with van der Waals surface area (Å²) in [5.74, 6) is 1.33. The van der Waals surface area contributed by atoms with Crippen LogP contribution in [-0.2, 0) is 17.9 Å². The number of nitrogens with zero attached hydrogens (tertiary/aromatic N) is 3. The second-order valence-electron chi connectivity index (χ2n) is 5.63. The van der Waals surface area contributed by atoms with E-state index < -0.39 is 0 Å². The van der Waals surface area contributed by atoms with Gasteiger partial charge in [-0.2, -0.15) is 4.98 Å². The van der Waals surface area contributed by atoms with Crippen LogP contribution in [0.15, 0.2) is 40.9 Å². The summed E-state index contributed by atoms with van der Waals surface area (Å²) in [4.78, 5) is 18.6. The Morgan fingerprint density at radius 2 is 2.20 bits per heavy atom. The number of hydrogen-bond donors (Lipinski definition) is 0. The molecule has 1 aromatic carbocycles. The van der Waals surface area contributed by atoms with Crippen molar-refractivity contribution in [3.8, 4) is 5.75 Å². The van der Waals surface area contributed by atoms with E-state index in [1.54, 1.807) is 30.2 Å². The standard InChI is InChI=1S/C18H23N3O4/c1-5-21(10-17-19-16(12-23-4)20-25-17)18(22)14-7-6-8-15(9-14)24-11-13(2)3/h6-9H,2,5,10-12H2,1,3-4H3. The Balaban J connectivity index is 2.07. The molecule has 0 bridgehead atoms. The number of rotatable bonds is 9. The van der Waals surface area contributed by atoms with Crippen molar-refractivity contribution < 1.29 is 18.8 Å². The van der Waals surface area contributed by atoms with Gasteiger partial charge in [-0.25, -0.2) is 0 Å². The maximum atomic E-state index is 12.7. The van der Waals surface area contributed by atoms with E-state index in [2.05, 4.69) is 16.7 Å². The van der Waals surface area contributed by atoms with Gasteiger partial charge in [0.2, 0.25) is 5.89 Å². The van der Waals surface area contributed by atoms with E-state index in [0.29, 0.717) is 36.2 Å². The number of carbonyl (C=O) groups is 1. The van der Waals surface area contributed by atoms with Crippen molar-refractivity contribution in [1.82, 2.24) is 15.0 Å². The monoisotopic (exact) mass is 345 g/mol. The Bertz CT molecular complexity index is 727. The molecule has 0 spiro atoms. The summed E-state index contributed by atoms with van der Waals surface area (Å²) in [5.41, 5.74) is 1.45. The first-order valence-electron chi connectivity index (χ1n) is 8.00. The van der Waals surface area contributed by atoms with Crippen LogP contribution in [-0.4, -0.2) is 41.2 Å². The highest BCUT2D eigenvalue weighted by Crippen LogP contribution is 2.17. The van der Waals surface area contributed by atoms with Gasteiger partial charge in [-0.15, -0.1) is 0 Å². The number of aromatic nitrogens is 2. The SMILES string of the molecule is C=C(C)COc1cccc(C(=O)N(CC)Cc2nc(COC)no2)c1. The summed E-state index contributed by atoms with van der Waals surface area (Å²) < 4.78 is 15.7. The minimum absolute atomic E-state index is 0.130. The minimum Gasteiger partial charge on any atom is -0.489 e. The van der Waals surface area contributed by atoms with Crippen LogP contribution >= 0.6 is 0 Å².